The van der Waals surface area contributed by atoms with E-state index in [-0.39, 0.29) is 34.6 Å². The highest BCUT2D eigenvalue weighted by atomic mass is 19.1. The summed E-state index contributed by atoms with van der Waals surface area (Å²) in [5.74, 6) is 0.312. The zero-order valence-corrected chi connectivity index (χ0v) is 19.5. The van der Waals surface area contributed by atoms with Gasteiger partial charge in [-0.2, -0.15) is 0 Å². The van der Waals surface area contributed by atoms with E-state index >= 15 is 0 Å². The molecule has 1 fully saturated rings. The quantitative estimate of drug-likeness (QED) is 0.461. The maximum atomic E-state index is 13.2. The number of benzene rings is 2. The number of hydrogen-bond acceptors (Lipinski definition) is 5. The lowest BCUT2D eigenvalue weighted by molar-refractivity contribution is -0.134. The van der Waals surface area contributed by atoms with Crippen molar-refractivity contribution in [2.75, 3.05) is 13.1 Å². The van der Waals surface area contributed by atoms with E-state index < -0.39 is 0 Å². The van der Waals surface area contributed by atoms with E-state index in [1.165, 1.54) is 12.1 Å². The second-order valence-electron chi connectivity index (χ2n) is 8.97. The zero-order valence-electron chi connectivity index (χ0n) is 19.5. The molecule has 0 spiro atoms. The number of halogens is 1. The fourth-order valence-electron chi connectivity index (χ4n) is 4.78. The van der Waals surface area contributed by atoms with Gasteiger partial charge in [0.15, 0.2) is 11.2 Å². The van der Waals surface area contributed by atoms with Crippen molar-refractivity contribution in [3.8, 4) is 0 Å². The maximum Gasteiger partial charge on any atom is 0.281 e. The van der Waals surface area contributed by atoms with E-state index in [1.54, 1.807) is 16.8 Å². The first-order valence-electron chi connectivity index (χ1n) is 11.9. The van der Waals surface area contributed by atoms with Crippen LogP contribution in [0.1, 0.15) is 55.0 Å². The number of H-pyrrole nitrogens is 1. The molecule has 8 nitrogen and oxygen atoms in total. The predicted molar refractivity (Wildman–Crippen MR) is 129 cm³/mol. The summed E-state index contributed by atoms with van der Waals surface area (Å²) in [5.41, 5.74) is 2.13. The molecule has 1 N–H and O–H groups in total. The number of carbonyl (C=O) groups excluding carboxylic acids is 1. The number of nitrogens with one attached hydrogen (secondary N) is 1. The monoisotopic (exact) mass is 474 g/mol. The summed E-state index contributed by atoms with van der Waals surface area (Å²) in [6.45, 7) is 3.59. The highest BCUT2D eigenvalue weighted by Gasteiger charge is 2.30. The van der Waals surface area contributed by atoms with Gasteiger partial charge in [0.05, 0.1) is 12.5 Å². The van der Waals surface area contributed by atoms with Gasteiger partial charge in [-0.3, -0.25) is 9.59 Å². The number of hydrogen-bond donors (Lipinski definition) is 1. The molecule has 0 bridgehead atoms. The highest BCUT2D eigenvalue weighted by molar-refractivity contribution is 5.83. The van der Waals surface area contributed by atoms with Gasteiger partial charge in [0, 0.05) is 19.0 Å². The van der Waals surface area contributed by atoms with E-state index in [9.17, 15) is 14.0 Å². The van der Waals surface area contributed by atoms with Crippen molar-refractivity contribution in [2.24, 2.45) is 0 Å². The summed E-state index contributed by atoms with van der Waals surface area (Å²) in [6, 6.07) is 16.0. The SMILES string of the molecule is CCC(C(=O)N1CCC(c2nc3c(nnn3Cc3ccc(F)cc3)c(=O)[nH]2)CC1)c1ccccc1. The van der Waals surface area contributed by atoms with Gasteiger partial charge >= 0.3 is 0 Å². The van der Waals surface area contributed by atoms with E-state index in [4.69, 9.17) is 4.98 Å². The molecule has 1 aliphatic rings. The number of carbonyl (C=O) groups is 1. The average Bonchev–Trinajstić information content (AvgIpc) is 3.29. The minimum atomic E-state index is -0.330. The molecule has 3 heterocycles. The van der Waals surface area contributed by atoms with Crippen molar-refractivity contribution in [3.05, 3.63) is 87.7 Å². The third-order valence-electron chi connectivity index (χ3n) is 6.74. The number of aromatic amines is 1. The third kappa shape index (κ3) is 4.71. The Bertz CT molecular complexity index is 1370. The molecule has 4 aromatic rings. The largest absolute Gasteiger partial charge is 0.342 e. The number of aromatic nitrogens is 5. The molecule has 35 heavy (non-hydrogen) atoms. The van der Waals surface area contributed by atoms with Crippen LogP contribution >= 0.6 is 0 Å². The predicted octanol–water partition coefficient (Wildman–Crippen LogP) is 3.60. The molecule has 0 saturated carbocycles. The molecular weight excluding hydrogens is 447 g/mol. The Hall–Kier alpha value is -3.88. The lowest BCUT2D eigenvalue weighted by Crippen LogP contribution is -2.41. The van der Waals surface area contributed by atoms with Crippen molar-refractivity contribution in [1.29, 1.82) is 0 Å². The first-order chi connectivity index (χ1) is 17.0. The summed E-state index contributed by atoms with van der Waals surface area (Å²) in [5, 5.41) is 8.08. The number of amides is 1. The first kappa shape index (κ1) is 22.9. The summed E-state index contributed by atoms with van der Waals surface area (Å²) in [4.78, 5) is 35.4. The molecule has 2 aromatic carbocycles. The van der Waals surface area contributed by atoms with Crippen LogP contribution in [0, 0.1) is 5.82 Å². The standard InChI is InChI=1S/C26H27FN6O2/c1-2-21(18-6-4-3-5-7-18)26(35)32-14-12-19(13-15-32)23-28-24-22(25(34)29-23)30-31-33(24)16-17-8-10-20(27)11-9-17/h3-11,19,21H,2,12-16H2,1H3,(H,28,29,34). The number of likely N-dealkylation sites (tertiary alicyclic amines) is 1. The van der Waals surface area contributed by atoms with Gasteiger partial charge < -0.3 is 9.88 Å². The van der Waals surface area contributed by atoms with Gasteiger partial charge in [-0.1, -0.05) is 54.6 Å². The van der Waals surface area contributed by atoms with Gasteiger partial charge in [-0.15, -0.1) is 5.10 Å². The molecule has 180 valence electrons. The van der Waals surface area contributed by atoms with Crippen LogP contribution in [0.3, 0.4) is 0 Å². The highest BCUT2D eigenvalue weighted by Crippen LogP contribution is 2.29. The van der Waals surface area contributed by atoms with Crippen molar-refractivity contribution in [2.45, 2.75) is 44.6 Å². The molecule has 9 heteroatoms. The smallest absolute Gasteiger partial charge is 0.281 e. The van der Waals surface area contributed by atoms with Crippen LogP contribution in [0.15, 0.2) is 59.4 Å². The molecule has 2 aromatic heterocycles. The lowest BCUT2D eigenvalue weighted by Gasteiger charge is -2.33. The Labute approximate surface area is 201 Å². The fourth-order valence-corrected chi connectivity index (χ4v) is 4.78. The molecule has 0 aliphatic carbocycles. The van der Waals surface area contributed by atoms with Gasteiger partial charge in [0.2, 0.25) is 5.91 Å². The summed E-state index contributed by atoms with van der Waals surface area (Å²) in [7, 11) is 0. The van der Waals surface area contributed by atoms with Crippen molar-refractivity contribution in [1.82, 2.24) is 29.9 Å². The fraction of sp³-hybridized carbons (Fsp3) is 0.346. The summed E-state index contributed by atoms with van der Waals surface area (Å²) < 4.78 is 14.8. The molecule has 1 saturated heterocycles. The molecule has 1 unspecified atom stereocenters. The van der Waals surface area contributed by atoms with Gasteiger partial charge in [-0.25, -0.2) is 14.1 Å². The lowest BCUT2D eigenvalue weighted by atomic mass is 9.91. The maximum absolute atomic E-state index is 13.2. The van der Waals surface area contributed by atoms with Crippen LogP contribution in [0.2, 0.25) is 0 Å². The molecular formula is C26H27FN6O2. The van der Waals surface area contributed by atoms with Crippen molar-refractivity contribution in [3.63, 3.8) is 0 Å². The van der Waals surface area contributed by atoms with Gasteiger partial charge in [0.1, 0.15) is 11.6 Å². The van der Waals surface area contributed by atoms with E-state index in [0.717, 1.165) is 17.5 Å². The topological polar surface area (TPSA) is 96.8 Å². The van der Waals surface area contributed by atoms with Crippen LogP contribution in [0.5, 0.6) is 0 Å². The number of rotatable bonds is 6. The normalized spacial score (nSPS) is 15.4. The van der Waals surface area contributed by atoms with Crippen LogP contribution in [0.25, 0.3) is 11.2 Å². The van der Waals surface area contributed by atoms with Crippen LogP contribution in [-0.4, -0.2) is 48.9 Å². The molecule has 1 aliphatic heterocycles. The van der Waals surface area contributed by atoms with E-state index in [0.29, 0.717) is 43.9 Å². The number of piperidine rings is 1. The Balaban J connectivity index is 1.32. The van der Waals surface area contributed by atoms with Crippen LogP contribution < -0.4 is 5.56 Å². The molecule has 5 rings (SSSR count). The Morgan fingerprint density at radius 3 is 2.51 bits per heavy atom. The Morgan fingerprint density at radius 1 is 1.11 bits per heavy atom. The second-order valence-corrected chi connectivity index (χ2v) is 8.97. The van der Waals surface area contributed by atoms with Crippen LogP contribution in [0.4, 0.5) is 4.39 Å². The first-order valence-corrected chi connectivity index (χ1v) is 11.9. The minimum absolute atomic E-state index is 0.0297. The van der Waals surface area contributed by atoms with Crippen molar-refractivity contribution < 1.29 is 9.18 Å². The van der Waals surface area contributed by atoms with Gasteiger partial charge in [-0.05, 0) is 42.5 Å². The Kier molecular flexibility index (Phi) is 6.39. The number of nitrogens with zero attached hydrogens (tertiary/aromatic N) is 5. The van der Waals surface area contributed by atoms with Crippen molar-refractivity contribution >= 4 is 17.1 Å². The molecule has 0 radical (unpaired) electrons. The zero-order chi connectivity index (χ0) is 24.4. The molecule has 1 amide bonds. The minimum Gasteiger partial charge on any atom is -0.342 e. The summed E-state index contributed by atoms with van der Waals surface area (Å²) in [6.07, 6.45) is 2.18. The third-order valence-corrected chi connectivity index (χ3v) is 6.74. The molecule has 1 atom stereocenters. The second kappa shape index (κ2) is 9.77. The van der Waals surface area contributed by atoms with Gasteiger partial charge in [0.25, 0.3) is 5.56 Å². The summed E-state index contributed by atoms with van der Waals surface area (Å²) >= 11 is 0. The van der Waals surface area contributed by atoms with E-state index in [1.807, 2.05) is 42.2 Å². The van der Waals surface area contributed by atoms with Crippen LogP contribution in [-0.2, 0) is 11.3 Å². The average molecular weight is 475 g/mol. The Morgan fingerprint density at radius 2 is 1.83 bits per heavy atom. The van der Waals surface area contributed by atoms with E-state index in [2.05, 4.69) is 15.3 Å². The number of fused-ring (bicyclic) bond motifs is 1.